The Bertz CT molecular complexity index is 1300. The van der Waals surface area contributed by atoms with Crippen LogP contribution in [0.2, 0.25) is 15.1 Å². The number of hydrogen-bond donors (Lipinski definition) is 1. The van der Waals surface area contributed by atoms with Crippen molar-refractivity contribution >= 4 is 52.7 Å². The lowest BCUT2D eigenvalue weighted by molar-refractivity contribution is -0.139. The molecule has 0 saturated carbocycles. The highest BCUT2D eigenvalue weighted by Crippen LogP contribution is 2.38. The van der Waals surface area contributed by atoms with Crippen molar-refractivity contribution in [1.29, 1.82) is 0 Å². The number of carbonyl (C=O) groups excluding carboxylic acids is 3. The van der Waals surface area contributed by atoms with E-state index in [1.807, 2.05) is 13.8 Å². The Morgan fingerprint density at radius 3 is 2.41 bits per heavy atom. The fraction of sp³-hybridized carbons (Fsp3) is 0.393. The molecule has 2 heterocycles. The van der Waals surface area contributed by atoms with Crippen molar-refractivity contribution in [3.05, 3.63) is 79.9 Å². The van der Waals surface area contributed by atoms with Gasteiger partial charge in [-0.1, -0.05) is 59.1 Å². The van der Waals surface area contributed by atoms with Crippen LogP contribution in [-0.4, -0.2) is 78.0 Å². The standard InChI is InChI=1S/C28H31Cl3N4O4/c1-4-34-22(16-33-13-14-35(17(3)15-33)26(36)18-9-6-7-11-20(18)29)23(27(37)39-5-2)25(32-28(34)38)19-10-8-12-21(30)24(19)31/h6-12,17,25H,4-5,13-16H2,1-3H3,(H,32,38)/t17-,25+/m1/s1. The van der Waals surface area contributed by atoms with Gasteiger partial charge in [-0.25, -0.2) is 9.59 Å². The molecular weight excluding hydrogens is 563 g/mol. The van der Waals surface area contributed by atoms with E-state index < -0.39 is 12.0 Å². The van der Waals surface area contributed by atoms with Gasteiger partial charge in [0, 0.05) is 44.5 Å². The second-order valence-corrected chi connectivity index (χ2v) is 10.6. The monoisotopic (exact) mass is 592 g/mol. The lowest BCUT2D eigenvalue weighted by atomic mass is 9.93. The molecule has 0 unspecified atom stereocenters. The molecule has 208 valence electrons. The molecule has 2 aliphatic heterocycles. The second-order valence-electron chi connectivity index (χ2n) is 9.41. The summed E-state index contributed by atoms with van der Waals surface area (Å²) in [6, 6.07) is 10.8. The highest BCUT2D eigenvalue weighted by Gasteiger charge is 2.40. The maximum atomic E-state index is 13.4. The topological polar surface area (TPSA) is 82.2 Å². The average Bonchev–Trinajstić information content (AvgIpc) is 2.90. The molecule has 0 aromatic heterocycles. The Morgan fingerprint density at radius 2 is 1.74 bits per heavy atom. The van der Waals surface area contributed by atoms with Gasteiger partial charge in [0.25, 0.3) is 5.91 Å². The van der Waals surface area contributed by atoms with E-state index in [0.29, 0.717) is 65.2 Å². The van der Waals surface area contributed by atoms with Crippen molar-refractivity contribution in [1.82, 2.24) is 20.0 Å². The molecule has 11 heteroatoms. The third kappa shape index (κ3) is 6.04. The number of amides is 3. The molecule has 3 amide bonds. The molecule has 2 atom stereocenters. The molecule has 2 aromatic carbocycles. The third-order valence-corrected chi connectivity index (χ3v) is 8.16. The zero-order chi connectivity index (χ0) is 28.3. The Hall–Kier alpha value is -2.78. The van der Waals surface area contributed by atoms with E-state index in [1.165, 1.54) is 0 Å². The molecular formula is C28H31Cl3N4O4. The number of nitrogens with one attached hydrogen (secondary N) is 1. The molecule has 8 nitrogen and oxygen atoms in total. The van der Waals surface area contributed by atoms with Crippen LogP contribution in [0.5, 0.6) is 0 Å². The Kier molecular flexibility index (Phi) is 9.43. The molecule has 1 fully saturated rings. The van der Waals surface area contributed by atoms with Crippen molar-refractivity contribution in [3.8, 4) is 0 Å². The number of carbonyl (C=O) groups is 3. The summed E-state index contributed by atoms with van der Waals surface area (Å²) in [5, 5.41) is 3.91. The fourth-order valence-electron chi connectivity index (χ4n) is 5.11. The molecule has 1 saturated heterocycles. The maximum absolute atomic E-state index is 13.4. The Labute approximate surface area is 243 Å². The highest BCUT2D eigenvalue weighted by atomic mass is 35.5. The molecule has 4 rings (SSSR count). The number of esters is 1. The molecule has 0 spiro atoms. The minimum absolute atomic E-state index is 0.123. The first-order valence-corrected chi connectivity index (χ1v) is 14.0. The van der Waals surface area contributed by atoms with Crippen LogP contribution in [0.15, 0.2) is 53.7 Å². The predicted molar refractivity (Wildman–Crippen MR) is 152 cm³/mol. The summed E-state index contributed by atoms with van der Waals surface area (Å²) in [4.78, 5) is 45.3. The average molecular weight is 594 g/mol. The van der Waals surface area contributed by atoms with Crippen LogP contribution in [0.3, 0.4) is 0 Å². The first-order chi connectivity index (χ1) is 18.7. The lowest BCUT2D eigenvalue weighted by Gasteiger charge is -2.43. The van der Waals surface area contributed by atoms with E-state index in [1.54, 1.807) is 59.2 Å². The van der Waals surface area contributed by atoms with Gasteiger partial charge in [0.15, 0.2) is 0 Å². The van der Waals surface area contributed by atoms with E-state index in [9.17, 15) is 14.4 Å². The van der Waals surface area contributed by atoms with Crippen LogP contribution in [0.4, 0.5) is 4.79 Å². The summed E-state index contributed by atoms with van der Waals surface area (Å²) in [6.45, 7) is 7.93. The van der Waals surface area contributed by atoms with Gasteiger partial charge in [-0.15, -0.1) is 0 Å². The molecule has 0 aliphatic carbocycles. The van der Waals surface area contributed by atoms with Crippen molar-refractivity contribution in [2.75, 3.05) is 39.3 Å². The second kappa shape index (κ2) is 12.6. The largest absolute Gasteiger partial charge is 0.463 e. The predicted octanol–water partition coefficient (Wildman–Crippen LogP) is 5.40. The van der Waals surface area contributed by atoms with Crippen molar-refractivity contribution in [2.24, 2.45) is 0 Å². The van der Waals surface area contributed by atoms with Gasteiger partial charge in [0.05, 0.1) is 38.9 Å². The van der Waals surface area contributed by atoms with Crippen LogP contribution < -0.4 is 5.32 Å². The number of rotatable bonds is 7. The summed E-state index contributed by atoms with van der Waals surface area (Å²) in [6.07, 6.45) is 0. The van der Waals surface area contributed by atoms with Gasteiger partial charge in [0.1, 0.15) is 0 Å². The van der Waals surface area contributed by atoms with Gasteiger partial charge in [-0.3, -0.25) is 14.6 Å². The van der Waals surface area contributed by atoms with Crippen molar-refractivity contribution in [2.45, 2.75) is 32.9 Å². The Balaban J connectivity index is 1.66. The summed E-state index contributed by atoms with van der Waals surface area (Å²) in [5.41, 5.74) is 1.83. The zero-order valence-electron chi connectivity index (χ0n) is 22.0. The number of likely N-dealkylation sites (N-methyl/N-ethyl adjacent to an activating group) is 1. The van der Waals surface area contributed by atoms with Crippen LogP contribution in [0, 0.1) is 0 Å². The van der Waals surface area contributed by atoms with E-state index in [-0.39, 0.29) is 29.6 Å². The number of urea groups is 1. The minimum atomic E-state index is -0.832. The number of halogens is 3. The van der Waals surface area contributed by atoms with Crippen LogP contribution in [0.25, 0.3) is 0 Å². The van der Waals surface area contributed by atoms with Gasteiger partial charge < -0.3 is 15.0 Å². The number of ether oxygens (including phenoxy) is 1. The molecule has 39 heavy (non-hydrogen) atoms. The minimum Gasteiger partial charge on any atom is -0.463 e. The Morgan fingerprint density at radius 1 is 1.03 bits per heavy atom. The molecule has 0 bridgehead atoms. The van der Waals surface area contributed by atoms with Crippen molar-refractivity contribution < 1.29 is 19.1 Å². The smallest absolute Gasteiger partial charge is 0.338 e. The van der Waals surface area contributed by atoms with E-state index in [4.69, 9.17) is 39.5 Å². The van der Waals surface area contributed by atoms with Gasteiger partial charge in [-0.2, -0.15) is 0 Å². The van der Waals surface area contributed by atoms with E-state index >= 15 is 0 Å². The van der Waals surface area contributed by atoms with Gasteiger partial charge in [0.2, 0.25) is 0 Å². The molecule has 2 aromatic rings. The van der Waals surface area contributed by atoms with Crippen LogP contribution >= 0.6 is 34.8 Å². The van der Waals surface area contributed by atoms with Crippen LogP contribution in [0.1, 0.15) is 42.7 Å². The molecule has 2 aliphatic rings. The first kappa shape index (κ1) is 29.2. The number of hydrogen-bond acceptors (Lipinski definition) is 5. The van der Waals surface area contributed by atoms with Crippen molar-refractivity contribution in [3.63, 3.8) is 0 Å². The zero-order valence-corrected chi connectivity index (χ0v) is 24.3. The SMILES string of the molecule is CCOC(=O)C1=C(CN2CCN(C(=O)c3ccccc3Cl)[C@H](C)C2)N(CC)C(=O)N[C@H]1c1cccc(Cl)c1Cl. The van der Waals surface area contributed by atoms with Crippen LogP contribution in [-0.2, 0) is 9.53 Å². The number of piperazine rings is 1. The fourth-order valence-corrected chi connectivity index (χ4v) is 5.75. The highest BCUT2D eigenvalue weighted by molar-refractivity contribution is 6.42. The summed E-state index contributed by atoms with van der Waals surface area (Å²) in [7, 11) is 0. The number of nitrogens with zero attached hydrogens (tertiary/aromatic N) is 3. The normalized spacial score (nSPS) is 20.2. The quantitative estimate of drug-likeness (QED) is 0.435. The lowest BCUT2D eigenvalue weighted by Crippen LogP contribution is -2.56. The van der Waals surface area contributed by atoms with Gasteiger partial charge in [-0.05, 0) is 44.5 Å². The summed E-state index contributed by atoms with van der Waals surface area (Å²) >= 11 is 19.1. The first-order valence-electron chi connectivity index (χ1n) is 12.9. The molecule has 0 radical (unpaired) electrons. The summed E-state index contributed by atoms with van der Waals surface area (Å²) < 4.78 is 5.45. The van der Waals surface area contributed by atoms with E-state index in [0.717, 1.165) is 0 Å². The third-order valence-electron chi connectivity index (χ3n) is 6.99. The summed E-state index contributed by atoms with van der Waals surface area (Å²) in [5.74, 6) is -0.658. The maximum Gasteiger partial charge on any atom is 0.338 e. The number of benzene rings is 2. The molecule has 1 N–H and O–H groups in total. The van der Waals surface area contributed by atoms with E-state index in [2.05, 4.69) is 10.2 Å². The van der Waals surface area contributed by atoms with Gasteiger partial charge >= 0.3 is 12.0 Å².